The topological polar surface area (TPSA) is 9.23 Å². The van der Waals surface area contributed by atoms with Crippen molar-refractivity contribution in [3.8, 4) is 0 Å². The van der Waals surface area contributed by atoms with E-state index in [1.807, 2.05) is 27.7 Å². The highest BCUT2D eigenvalue weighted by Crippen LogP contribution is 2.42. The molecule has 92 valence electrons. The van der Waals surface area contributed by atoms with Crippen LogP contribution in [0.3, 0.4) is 0 Å². The first-order chi connectivity index (χ1) is 7.12. The van der Waals surface area contributed by atoms with E-state index >= 15 is 0 Å². The van der Waals surface area contributed by atoms with Gasteiger partial charge in [0.1, 0.15) is 0 Å². The fraction of sp³-hybridized carbons (Fsp3) is 1.00. The van der Waals surface area contributed by atoms with Crippen molar-refractivity contribution >= 4 is 0 Å². The molecule has 0 N–H and O–H groups in total. The number of hydrogen-bond donors (Lipinski definition) is 0. The Morgan fingerprint density at radius 2 is 1.27 bits per heavy atom. The highest BCUT2D eigenvalue weighted by molar-refractivity contribution is 4.87. The van der Waals surface area contributed by atoms with E-state index in [-0.39, 0.29) is 0 Å². The second-order valence-electron chi connectivity index (χ2n) is 4.86. The Bertz CT molecular complexity index is 150. The van der Waals surface area contributed by atoms with Crippen molar-refractivity contribution in [2.45, 2.75) is 40.5 Å². The van der Waals surface area contributed by atoms with E-state index in [1.165, 1.54) is 30.4 Å². The van der Waals surface area contributed by atoms with Crippen LogP contribution in [0.2, 0.25) is 0 Å². The number of quaternary nitrogens is 1. The highest BCUT2D eigenvalue weighted by Gasteiger charge is 2.51. The average molecular weight is 216 g/mol. The van der Waals surface area contributed by atoms with E-state index in [1.54, 1.807) is 0 Å². The molecule has 2 aliphatic rings. The highest BCUT2D eigenvalue weighted by atomic mass is 16.5. The normalized spacial score (nSPS) is 25.2. The molecule has 2 heterocycles. The summed E-state index contributed by atoms with van der Waals surface area (Å²) < 4.78 is 6.58. The largest absolute Gasteiger partial charge is 0.381 e. The monoisotopic (exact) mass is 216 g/mol. The summed E-state index contributed by atoms with van der Waals surface area (Å²) in [6.45, 7) is 12.7. The molecular weight excluding hydrogens is 186 g/mol. The number of likely N-dealkylation sites (tertiary alicyclic amines) is 1. The molecule has 0 aliphatic carbocycles. The van der Waals surface area contributed by atoms with Crippen LogP contribution in [0.15, 0.2) is 0 Å². The molecule has 0 aromatic carbocycles. The van der Waals surface area contributed by atoms with Gasteiger partial charge >= 0.3 is 0 Å². The van der Waals surface area contributed by atoms with Gasteiger partial charge in [-0.25, -0.2) is 0 Å². The number of hydrogen-bond acceptors (Lipinski definition) is 1. The second kappa shape index (κ2) is 6.49. The first-order valence-corrected chi connectivity index (χ1v) is 6.52. The Morgan fingerprint density at radius 3 is 1.60 bits per heavy atom. The minimum Gasteiger partial charge on any atom is -0.381 e. The number of rotatable bonds is 0. The van der Waals surface area contributed by atoms with Gasteiger partial charge in [-0.05, 0) is 12.8 Å². The molecular formula is C13H30NO+. The van der Waals surface area contributed by atoms with Crippen LogP contribution < -0.4 is 0 Å². The predicted octanol–water partition coefficient (Wildman–Crippen LogP) is 2.93. The second-order valence-corrected chi connectivity index (χ2v) is 4.86. The summed E-state index contributed by atoms with van der Waals surface area (Å²) >= 11 is 0. The van der Waals surface area contributed by atoms with Gasteiger partial charge in [-0.3, -0.25) is 0 Å². The Labute approximate surface area is 96.2 Å². The van der Waals surface area contributed by atoms with Crippen LogP contribution in [0, 0.1) is 5.41 Å². The van der Waals surface area contributed by atoms with E-state index in [4.69, 9.17) is 4.74 Å². The minimum atomic E-state index is 0.682. The van der Waals surface area contributed by atoms with E-state index in [0.717, 1.165) is 13.2 Å². The first kappa shape index (κ1) is 14.9. The zero-order valence-electron chi connectivity index (χ0n) is 11.6. The van der Waals surface area contributed by atoms with Crippen molar-refractivity contribution in [3.05, 3.63) is 0 Å². The third kappa shape index (κ3) is 4.12. The summed E-state index contributed by atoms with van der Waals surface area (Å²) in [6.07, 6.45) is 2.60. The fourth-order valence-corrected chi connectivity index (χ4v) is 2.89. The summed E-state index contributed by atoms with van der Waals surface area (Å²) in [4.78, 5) is 0. The van der Waals surface area contributed by atoms with E-state index in [2.05, 4.69) is 14.1 Å². The van der Waals surface area contributed by atoms with Gasteiger partial charge in [0.25, 0.3) is 0 Å². The molecule has 1 spiro atoms. The van der Waals surface area contributed by atoms with Crippen LogP contribution in [0.1, 0.15) is 40.5 Å². The fourth-order valence-electron chi connectivity index (χ4n) is 2.89. The van der Waals surface area contributed by atoms with Gasteiger partial charge < -0.3 is 9.22 Å². The summed E-state index contributed by atoms with van der Waals surface area (Å²) in [5, 5.41) is 0. The van der Waals surface area contributed by atoms with Crippen molar-refractivity contribution < 1.29 is 9.22 Å². The molecule has 0 aromatic rings. The summed E-state index contributed by atoms with van der Waals surface area (Å²) in [6, 6.07) is 0. The van der Waals surface area contributed by atoms with Crippen molar-refractivity contribution in [2.75, 3.05) is 40.4 Å². The number of ether oxygens (including phenoxy) is 1. The molecule has 2 aliphatic heterocycles. The molecule has 2 fully saturated rings. The standard InChI is InChI=1S/C9H18NO.2C2H6/c1-10(2)7-9(8-10)3-5-11-6-4-9;2*1-2/h3-8H2,1-2H3;2*1-2H3/q+1;;. The van der Waals surface area contributed by atoms with Gasteiger partial charge in [0.2, 0.25) is 0 Å². The van der Waals surface area contributed by atoms with Gasteiger partial charge in [-0.2, -0.15) is 0 Å². The van der Waals surface area contributed by atoms with Crippen LogP contribution in [0.25, 0.3) is 0 Å². The lowest BCUT2D eigenvalue weighted by Gasteiger charge is -2.54. The maximum Gasteiger partial charge on any atom is 0.0896 e. The SMILES string of the molecule is CC.CC.C[N+]1(C)CC2(CCOCC2)C1. The van der Waals surface area contributed by atoms with Crippen molar-refractivity contribution in [3.63, 3.8) is 0 Å². The molecule has 0 bridgehead atoms. The Kier molecular flexibility index (Phi) is 6.46. The Balaban J connectivity index is 0.000000442. The summed E-state index contributed by atoms with van der Waals surface area (Å²) in [7, 11) is 4.64. The third-order valence-electron chi connectivity index (χ3n) is 3.08. The molecule has 0 radical (unpaired) electrons. The van der Waals surface area contributed by atoms with Crippen LogP contribution in [-0.4, -0.2) is 44.9 Å². The number of nitrogens with zero attached hydrogens (tertiary/aromatic N) is 1. The maximum absolute atomic E-state index is 5.36. The van der Waals surface area contributed by atoms with Crippen LogP contribution in [-0.2, 0) is 4.74 Å². The average Bonchev–Trinajstić information content (AvgIpc) is 2.22. The van der Waals surface area contributed by atoms with Crippen molar-refractivity contribution in [1.82, 2.24) is 0 Å². The molecule has 0 saturated carbocycles. The molecule has 2 nitrogen and oxygen atoms in total. The zero-order chi connectivity index (χ0) is 11.9. The molecule has 2 rings (SSSR count). The van der Waals surface area contributed by atoms with Crippen LogP contribution in [0.5, 0.6) is 0 Å². The zero-order valence-corrected chi connectivity index (χ0v) is 11.6. The van der Waals surface area contributed by atoms with E-state index in [0.29, 0.717) is 5.41 Å². The quantitative estimate of drug-likeness (QED) is 0.566. The third-order valence-corrected chi connectivity index (χ3v) is 3.08. The molecule has 2 heteroatoms. The molecule has 0 atom stereocenters. The summed E-state index contributed by atoms with van der Waals surface area (Å²) in [5.74, 6) is 0. The van der Waals surface area contributed by atoms with E-state index in [9.17, 15) is 0 Å². The van der Waals surface area contributed by atoms with Gasteiger partial charge in [-0.15, -0.1) is 0 Å². The van der Waals surface area contributed by atoms with Gasteiger partial charge in [0, 0.05) is 13.2 Å². The van der Waals surface area contributed by atoms with E-state index < -0.39 is 0 Å². The van der Waals surface area contributed by atoms with Crippen LogP contribution in [0.4, 0.5) is 0 Å². The van der Waals surface area contributed by atoms with Gasteiger partial charge in [-0.1, -0.05) is 27.7 Å². The van der Waals surface area contributed by atoms with Crippen molar-refractivity contribution in [1.29, 1.82) is 0 Å². The maximum atomic E-state index is 5.36. The van der Waals surface area contributed by atoms with Crippen molar-refractivity contribution in [2.24, 2.45) is 5.41 Å². The minimum absolute atomic E-state index is 0.682. The molecule has 2 saturated heterocycles. The molecule has 15 heavy (non-hydrogen) atoms. The molecule has 0 unspecified atom stereocenters. The lowest BCUT2D eigenvalue weighted by Crippen LogP contribution is -2.66. The molecule has 0 amide bonds. The first-order valence-electron chi connectivity index (χ1n) is 6.52. The van der Waals surface area contributed by atoms with Crippen LogP contribution >= 0.6 is 0 Å². The lowest BCUT2D eigenvalue weighted by molar-refractivity contribution is -0.951. The predicted molar refractivity (Wildman–Crippen MR) is 67.0 cm³/mol. The molecule has 0 aromatic heterocycles. The summed E-state index contributed by atoms with van der Waals surface area (Å²) in [5.41, 5.74) is 0.682. The van der Waals surface area contributed by atoms with Gasteiger partial charge in [0.15, 0.2) is 0 Å². The Morgan fingerprint density at radius 1 is 0.867 bits per heavy atom. The van der Waals surface area contributed by atoms with Gasteiger partial charge in [0.05, 0.1) is 32.6 Å². The Hall–Kier alpha value is -0.0800. The lowest BCUT2D eigenvalue weighted by atomic mass is 9.72. The smallest absolute Gasteiger partial charge is 0.0896 e.